The van der Waals surface area contributed by atoms with Crippen molar-refractivity contribution in [2.45, 2.75) is 12.1 Å². The molecule has 0 unspecified atom stereocenters. The number of aromatic nitrogens is 4. The second kappa shape index (κ2) is 6.05. The molecule has 0 amide bonds. The first kappa shape index (κ1) is 14.8. The number of thioether (sulfide) groups is 1. The lowest BCUT2D eigenvalue weighted by molar-refractivity contribution is 0.102. The summed E-state index contributed by atoms with van der Waals surface area (Å²) in [5, 5.41) is 9.95. The van der Waals surface area contributed by atoms with Crippen LogP contribution in [0.15, 0.2) is 53.7 Å². The maximum Gasteiger partial charge on any atom is 0.211 e. The molecule has 2 aromatic carbocycles. The number of hydrogen-bond donors (Lipinski definition) is 1. The minimum absolute atomic E-state index is 0.0524. The van der Waals surface area contributed by atoms with Crippen LogP contribution in [0.5, 0.6) is 0 Å². The van der Waals surface area contributed by atoms with Crippen molar-refractivity contribution >= 4 is 39.6 Å². The highest BCUT2D eigenvalue weighted by atomic mass is 32.2. The smallest absolute Gasteiger partial charge is 0.211 e. The topological polar surface area (TPSA) is 71.5 Å². The van der Waals surface area contributed by atoms with Gasteiger partial charge in [0.2, 0.25) is 5.16 Å². The van der Waals surface area contributed by atoms with E-state index in [2.05, 4.69) is 26.2 Å². The first-order valence-electron chi connectivity index (χ1n) is 7.54. The molecule has 4 rings (SSSR count). The van der Waals surface area contributed by atoms with Crippen LogP contribution in [-0.4, -0.2) is 31.7 Å². The average Bonchev–Trinajstić information content (AvgIpc) is 2.97. The molecule has 0 bridgehead atoms. The van der Waals surface area contributed by atoms with Gasteiger partial charge in [0, 0.05) is 16.5 Å². The molecule has 0 atom stereocenters. The van der Waals surface area contributed by atoms with Gasteiger partial charge in [-0.05, 0) is 19.1 Å². The van der Waals surface area contributed by atoms with Gasteiger partial charge in [0.1, 0.15) is 5.52 Å². The number of carbonyl (C=O) groups excluding carboxylic acids is 1. The second-order valence-electron chi connectivity index (χ2n) is 5.54. The number of aromatic amines is 1. The Balaban J connectivity index is 1.59. The SMILES string of the molecule is Cc1ccc2[nH]c3nc(SCC(=O)c4ccccc4)nnc3c2c1. The van der Waals surface area contributed by atoms with Crippen LogP contribution in [0.4, 0.5) is 0 Å². The molecule has 0 saturated heterocycles. The molecular weight excluding hydrogens is 320 g/mol. The molecule has 1 N–H and O–H groups in total. The fourth-order valence-electron chi connectivity index (χ4n) is 2.57. The third-order valence-corrected chi connectivity index (χ3v) is 4.62. The van der Waals surface area contributed by atoms with Gasteiger partial charge in [-0.25, -0.2) is 4.98 Å². The first-order chi connectivity index (χ1) is 11.7. The lowest BCUT2D eigenvalue weighted by Gasteiger charge is -2.00. The van der Waals surface area contributed by atoms with E-state index < -0.39 is 0 Å². The predicted molar refractivity (Wildman–Crippen MR) is 95.4 cm³/mol. The van der Waals surface area contributed by atoms with Crippen LogP contribution < -0.4 is 0 Å². The predicted octanol–water partition coefficient (Wildman–Crippen LogP) is 3.79. The monoisotopic (exact) mass is 334 g/mol. The van der Waals surface area contributed by atoms with Crippen LogP contribution >= 0.6 is 11.8 Å². The molecule has 2 aromatic heterocycles. The Morgan fingerprint density at radius 3 is 2.79 bits per heavy atom. The van der Waals surface area contributed by atoms with Gasteiger partial charge in [-0.1, -0.05) is 53.7 Å². The number of fused-ring (bicyclic) bond motifs is 3. The standard InChI is InChI=1S/C18H14N4OS/c1-11-7-8-14-13(9-11)16-17(19-14)20-18(22-21-16)24-10-15(23)12-5-3-2-4-6-12/h2-9H,10H2,1H3,(H,19,20,22). The van der Waals surface area contributed by atoms with Gasteiger partial charge in [0.05, 0.1) is 5.75 Å². The van der Waals surface area contributed by atoms with E-state index in [9.17, 15) is 4.79 Å². The van der Waals surface area contributed by atoms with Crippen molar-refractivity contribution in [3.8, 4) is 0 Å². The summed E-state index contributed by atoms with van der Waals surface area (Å²) in [6.45, 7) is 2.04. The fraction of sp³-hybridized carbons (Fsp3) is 0.111. The van der Waals surface area contributed by atoms with E-state index in [-0.39, 0.29) is 11.5 Å². The first-order valence-corrected chi connectivity index (χ1v) is 8.53. The van der Waals surface area contributed by atoms with E-state index in [0.29, 0.717) is 16.4 Å². The van der Waals surface area contributed by atoms with Crippen molar-refractivity contribution < 1.29 is 4.79 Å². The number of nitrogens with one attached hydrogen (secondary N) is 1. The summed E-state index contributed by atoms with van der Waals surface area (Å²) >= 11 is 1.30. The molecule has 0 aliphatic heterocycles. The molecule has 0 radical (unpaired) electrons. The van der Waals surface area contributed by atoms with Gasteiger partial charge >= 0.3 is 0 Å². The van der Waals surface area contributed by atoms with E-state index in [1.54, 1.807) is 0 Å². The molecule has 0 spiro atoms. The van der Waals surface area contributed by atoms with Crippen LogP contribution in [0.2, 0.25) is 0 Å². The fourth-order valence-corrected chi connectivity index (χ4v) is 3.25. The Bertz CT molecular complexity index is 1040. The number of aryl methyl sites for hydroxylation is 1. The van der Waals surface area contributed by atoms with E-state index in [4.69, 9.17) is 0 Å². The van der Waals surface area contributed by atoms with Crippen LogP contribution in [0.1, 0.15) is 15.9 Å². The van der Waals surface area contributed by atoms with Gasteiger partial charge in [-0.3, -0.25) is 4.79 Å². The summed E-state index contributed by atoms with van der Waals surface area (Å²) in [5.41, 5.74) is 4.30. The quantitative estimate of drug-likeness (QED) is 0.454. The zero-order chi connectivity index (χ0) is 16.5. The van der Waals surface area contributed by atoms with Gasteiger partial charge in [0.15, 0.2) is 11.4 Å². The molecule has 5 nitrogen and oxygen atoms in total. The van der Waals surface area contributed by atoms with E-state index >= 15 is 0 Å². The van der Waals surface area contributed by atoms with Crippen molar-refractivity contribution in [1.82, 2.24) is 20.2 Å². The largest absolute Gasteiger partial charge is 0.338 e. The number of Topliss-reactive ketones (excluding diaryl/α,β-unsaturated/α-hetero) is 1. The van der Waals surface area contributed by atoms with Gasteiger partial charge < -0.3 is 4.98 Å². The van der Waals surface area contributed by atoms with E-state index in [0.717, 1.165) is 22.0 Å². The maximum atomic E-state index is 12.2. The lowest BCUT2D eigenvalue weighted by atomic mass is 10.2. The van der Waals surface area contributed by atoms with Crippen LogP contribution in [0.3, 0.4) is 0 Å². The lowest BCUT2D eigenvalue weighted by Crippen LogP contribution is -2.03. The van der Waals surface area contributed by atoms with Gasteiger partial charge in [0.25, 0.3) is 0 Å². The Morgan fingerprint density at radius 1 is 1.12 bits per heavy atom. The highest BCUT2D eigenvalue weighted by Crippen LogP contribution is 2.24. The zero-order valence-electron chi connectivity index (χ0n) is 13.0. The number of benzene rings is 2. The molecule has 118 valence electrons. The van der Waals surface area contributed by atoms with Crippen molar-refractivity contribution in [2.75, 3.05) is 5.75 Å². The number of hydrogen-bond acceptors (Lipinski definition) is 5. The maximum absolute atomic E-state index is 12.2. The van der Waals surface area contributed by atoms with Crippen molar-refractivity contribution in [1.29, 1.82) is 0 Å². The molecule has 4 aromatic rings. The second-order valence-corrected chi connectivity index (χ2v) is 6.49. The minimum Gasteiger partial charge on any atom is -0.338 e. The highest BCUT2D eigenvalue weighted by Gasteiger charge is 2.11. The average molecular weight is 334 g/mol. The summed E-state index contributed by atoms with van der Waals surface area (Å²) in [7, 11) is 0. The Morgan fingerprint density at radius 2 is 1.96 bits per heavy atom. The van der Waals surface area contributed by atoms with Gasteiger partial charge in [-0.15, -0.1) is 10.2 Å². The molecule has 0 aliphatic rings. The van der Waals surface area contributed by atoms with Gasteiger partial charge in [-0.2, -0.15) is 0 Å². The minimum atomic E-state index is 0.0524. The zero-order valence-corrected chi connectivity index (χ0v) is 13.8. The molecule has 6 heteroatoms. The molecule has 24 heavy (non-hydrogen) atoms. The Kier molecular flexibility index (Phi) is 3.74. The third-order valence-electron chi connectivity index (χ3n) is 3.78. The molecule has 0 saturated carbocycles. The summed E-state index contributed by atoms with van der Waals surface area (Å²) in [4.78, 5) is 19.9. The molecule has 0 aliphatic carbocycles. The number of rotatable bonds is 4. The van der Waals surface area contributed by atoms with Crippen LogP contribution in [0, 0.1) is 6.92 Å². The van der Waals surface area contributed by atoms with E-state index in [1.165, 1.54) is 11.8 Å². The molecule has 0 fully saturated rings. The van der Waals surface area contributed by atoms with Crippen molar-refractivity contribution in [3.05, 3.63) is 59.7 Å². The van der Waals surface area contributed by atoms with Crippen LogP contribution in [0.25, 0.3) is 22.1 Å². The molecule has 2 heterocycles. The number of ketones is 1. The third kappa shape index (κ3) is 2.76. The van der Waals surface area contributed by atoms with E-state index in [1.807, 2.05) is 49.4 Å². The number of carbonyl (C=O) groups is 1. The Labute approximate surface area is 142 Å². The highest BCUT2D eigenvalue weighted by molar-refractivity contribution is 7.99. The van der Waals surface area contributed by atoms with Crippen molar-refractivity contribution in [3.63, 3.8) is 0 Å². The normalized spacial score (nSPS) is 11.2. The van der Waals surface area contributed by atoms with Crippen molar-refractivity contribution in [2.24, 2.45) is 0 Å². The summed E-state index contributed by atoms with van der Waals surface area (Å²) in [6.07, 6.45) is 0. The Hall–Kier alpha value is -2.73. The molecular formula is C18H14N4OS. The number of H-pyrrole nitrogens is 1. The summed E-state index contributed by atoms with van der Waals surface area (Å²) in [6, 6.07) is 15.3. The summed E-state index contributed by atoms with van der Waals surface area (Å²) in [5.74, 6) is 0.341. The van der Waals surface area contributed by atoms with Crippen LogP contribution in [-0.2, 0) is 0 Å². The number of nitrogens with zero attached hydrogens (tertiary/aromatic N) is 3. The summed E-state index contributed by atoms with van der Waals surface area (Å²) < 4.78 is 0.